The number of carbonyl (C=O) groups excluding carboxylic acids is 2. The zero-order chi connectivity index (χ0) is 26.0. The lowest BCUT2D eigenvalue weighted by Gasteiger charge is -2.26. The number of benzene rings is 3. The molecule has 0 radical (unpaired) electrons. The van der Waals surface area contributed by atoms with Gasteiger partial charge in [0, 0.05) is 11.3 Å². The molecule has 1 fully saturated rings. The van der Waals surface area contributed by atoms with Crippen LogP contribution in [0.25, 0.3) is 5.76 Å². The van der Waals surface area contributed by atoms with Crippen molar-refractivity contribution in [2.75, 3.05) is 18.6 Å². The maximum absolute atomic E-state index is 13.3. The molecule has 1 heterocycles. The molecular formula is C30H31NO5. The Hall–Kier alpha value is -4.06. The highest BCUT2D eigenvalue weighted by atomic mass is 16.5. The third-order valence-electron chi connectivity index (χ3n) is 6.33. The van der Waals surface area contributed by atoms with E-state index in [2.05, 4.69) is 20.8 Å². The van der Waals surface area contributed by atoms with Gasteiger partial charge in [0.25, 0.3) is 11.7 Å². The number of hydrogen-bond acceptors (Lipinski definition) is 5. The number of rotatable bonds is 6. The second-order valence-corrected chi connectivity index (χ2v) is 9.70. The Kier molecular flexibility index (Phi) is 6.88. The van der Waals surface area contributed by atoms with E-state index in [4.69, 9.17) is 9.47 Å². The largest absolute Gasteiger partial charge is 0.507 e. The van der Waals surface area contributed by atoms with Gasteiger partial charge in [-0.3, -0.25) is 14.5 Å². The zero-order valence-corrected chi connectivity index (χ0v) is 21.2. The van der Waals surface area contributed by atoms with E-state index in [-0.39, 0.29) is 16.7 Å². The molecule has 0 spiro atoms. The van der Waals surface area contributed by atoms with Gasteiger partial charge in [0.15, 0.2) is 0 Å². The molecular weight excluding hydrogens is 454 g/mol. The van der Waals surface area contributed by atoms with Crippen molar-refractivity contribution in [3.63, 3.8) is 0 Å². The Morgan fingerprint density at radius 2 is 1.47 bits per heavy atom. The van der Waals surface area contributed by atoms with Crippen LogP contribution < -0.4 is 14.4 Å². The summed E-state index contributed by atoms with van der Waals surface area (Å²) in [4.78, 5) is 28.1. The second kappa shape index (κ2) is 9.90. The predicted molar refractivity (Wildman–Crippen MR) is 141 cm³/mol. The zero-order valence-electron chi connectivity index (χ0n) is 21.2. The summed E-state index contributed by atoms with van der Waals surface area (Å²) in [6, 6.07) is 20.8. The molecule has 4 rings (SSSR count). The minimum absolute atomic E-state index is 0.0449. The predicted octanol–water partition coefficient (Wildman–Crippen LogP) is 6.02. The number of methoxy groups -OCH3 is 1. The van der Waals surface area contributed by atoms with Crippen LogP contribution in [0.2, 0.25) is 0 Å². The van der Waals surface area contributed by atoms with Gasteiger partial charge in [-0.05, 0) is 72.0 Å². The van der Waals surface area contributed by atoms with Crippen LogP contribution in [0.4, 0.5) is 5.69 Å². The Morgan fingerprint density at radius 3 is 2.00 bits per heavy atom. The van der Waals surface area contributed by atoms with Crippen LogP contribution in [0.15, 0.2) is 78.4 Å². The van der Waals surface area contributed by atoms with E-state index in [0.29, 0.717) is 29.4 Å². The summed E-state index contributed by atoms with van der Waals surface area (Å²) in [7, 11) is 1.56. The molecule has 1 aliphatic heterocycles. The fourth-order valence-electron chi connectivity index (χ4n) is 4.35. The van der Waals surface area contributed by atoms with E-state index in [0.717, 1.165) is 11.1 Å². The number of Topliss-reactive ketones (excluding diaryl/α,β-unsaturated/α-hetero) is 1. The van der Waals surface area contributed by atoms with Gasteiger partial charge in [-0.15, -0.1) is 0 Å². The quantitative estimate of drug-likeness (QED) is 0.263. The van der Waals surface area contributed by atoms with Gasteiger partial charge in [-0.25, -0.2) is 0 Å². The first kappa shape index (κ1) is 25.0. The monoisotopic (exact) mass is 485 g/mol. The molecule has 36 heavy (non-hydrogen) atoms. The van der Waals surface area contributed by atoms with Gasteiger partial charge in [0.1, 0.15) is 17.3 Å². The van der Waals surface area contributed by atoms with Gasteiger partial charge in [0.05, 0.1) is 25.3 Å². The van der Waals surface area contributed by atoms with E-state index in [1.54, 1.807) is 55.6 Å². The topological polar surface area (TPSA) is 76.1 Å². The first-order chi connectivity index (χ1) is 17.2. The number of aliphatic hydroxyl groups is 1. The minimum atomic E-state index is -0.793. The standard InChI is InChI=1S/C30H31NO5/c1-6-36-24-15-9-20(10-16-24)27(32)25-26(19-7-11-21(12-8-19)30(2,3)4)31(29(34)28(25)33)22-13-17-23(35-5)18-14-22/h7-18,26,32H,6H2,1-5H3/b27-25-. The van der Waals surface area contributed by atoms with Crippen molar-refractivity contribution in [3.05, 3.63) is 95.1 Å². The Balaban J connectivity index is 1.87. The molecule has 0 bridgehead atoms. The minimum Gasteiger partial charge on any atom is -0.507 e. The lowest BCUT2D eigenvalue weighted by Crippen LogP contribution is -2.29. The van der Waals surface area contributed by atoms with Crippen molar-refractivity contribution in [2.24, 2.45) is 0 Å². The molecule has 6 nitrogen and oxygen atoms in total. The molecule has 1 atom stereocenters. The van der Waals surface area contributed by atoms with E-state index >= 15 is 0 Å². The second-order valence-electron chi connectivity index (χ2n) is 9.70. The molecule has 0 aliphatic carbocycles. The van der Waals surface area contributed by atoms with Crippen LogP contribution in [0.5, 0.6) is 11.5 Å². The Morgan fingerprint density at radius 1 is 0.889 bits per heavy atom. The van der Waals surface area contributed by atoms with Crippen molar-refractivity contribution in [3.8, 4) is 11.5 Å². The van der Waals surface area contributed by atoms with Crippen LogP contribution >= 0.6 is 0 Å². The molecule has 1 unspecified atom stereocenters. The summed E-state index contributed by atoms with van der Waals surface area (Å²) in [5.41, 5.74) is 2.81. The third-order valence-corrected chi connectivity index (χ3v) is 6.33. The molecule has 0 aromatic heterocycles. The number of amides is 1. The van der Waals surface area contributed by atoms with E-state index < -0.39 is 17.7 Å². The molecule has 1 N–H and O–H groups in total. The fraction of sp³-hybridized carbons (Fsp3) is 0.267. The maximum Gasteiger partial charge on any atom is 0.300 e. The third kappa shape index (κ3) is 4.71. The van der Waals surface area contributed by atoms with Crippen LogP contribution in [0.1, 0.15) is 50.4 Å². The van der Waals surface area contributed by atoms with E-state index in [9.17, 15) is 14.7 Å². The van der Waals surface area contributed by atoms with Crippen LogP contribution in [0.3, 0.4) is 0 Å². The average molecular weight is 486 g/mol. The maximum atomic E-state index is 13.3. The van der Waals surface area contributed by atoms with Crippen LogP contribution in [-0.4, -0.2) is 30.5 Å². The summed E-state index contributed by atoms with van der Waals surface area (Å²) in [6.45, 7) is 8.77. The number of ketones is 1. The van der Waals surface area contributed by atoms with Crippen molar-refractivity contribution in [2.45, 2.75) is 39.2 Å². The number of aliphatic hydroxyl groups excluding tert-OH is 1. The van der Waals surface area contributed by atoms with Gasteiger partial charge in [-0.1, -0.05) is 45.0 Å². The van der Waals surface area contributed by atoms with Crippen molar-refractivity contribution >= 4 is 23.1 Å². The van der Waals surface area contributed by atoms with Gasteiger partial charge in [0.2, 0.25) is 0 Å². The van der Waals surface area contributed by atoms with Crippen LogP contribution in [0, 0.1) is 0 Å². The number of nitrogens with zero attached hydrogens (tertiary/aromatic N) is 1. The summed E-state index contributed by atoms with van der Waals surface area (Å²) >= 11 is 0. The van der Waals surface area contributed by atoms with Gasteiger partial charge in [-0.2, -0.15) is 0 Å². The number of carbonyl (C=O) groups is 2. The van der Waals surface area contributed by atoms with Crippen LogP contribution in [-0.2, 0) is 15.0 Å². The van der Waals surface area contributed by atoms with Crippen molar-refractivity contribution in [1.29, 1.82) is 0 Å². The molecule has 6 heteroatoms. The number of anilines is 1. The summed E-state index contributed by atoms with van der Waals surface area (Å²) < 4.78 is 10.7. The average Bonchev–Trinajstić information content (AvgIpc) is 3.14. The molecule has 1 aliphatic rings. The van der Waals surface area contributed by atoms with Gasteiger partial charge >= 0.3 is 0 Å². The number of hydrogen-bond donors (Lipinski definition) is 1. The fourth-order valence-corrected chi connectivity index (χ4v) is 4.35. The van der Waals surface area contributed by atoms with Crippen molar-refractivity contribution < 1.29 is 24.2 Å². The summed E-state index contributed by atoms with van der Waals surface area (Å²) in [6.07, 6.45) is 0. The molecule has 0 saturated carbocycles. The lowest BCUT2D eigenvalue weighted by atomic mass is 9.85. The van der Waals surface area contributed by atoms with E-state index in [1.807, 2.05) is 31.2 Å². The van der Waals surface area contributed by atoms with Gasteiger partial charge < -0.3 is 14.6 Å². The smallest absolute Gasteiger partial charge is 0.300 e. The first-order valence-corrected chi connectivity index (χ1v) is 11.9. The highest BCUT2D eigenvalue weighted by molar-refractivity contribution is 6.51. The Labute approximate surface area is 211 Å². The molecule has 1 amide bonds. The summed E-state index contributed by atoms with van der Waals surface area (Å²) in [5.74, 6) is -0.366. The molecule has 3 aromatic carbocycles. The van der Waals surface area contributed by atoms with E-state index in [1.165, 1.54) is 4.90 Å². The molecule has 3 aromatic rings. The molecule has 1 saturated heterocycles. The highest BCUT2D eigenvalue weighted by Crippen LogP contribution is 2.43. The summed E-state index contributed by atoms with van der Waals surface area (Å²) in [5, 5.41) is 11.3. The first-order valence-electron chi connectivity index (χ1n) is 11.9. The number of ether oxygens (including phenoxy) is 2. The Bertz CT molecular complexity index is 1280. The normalized spacial score (nSPS) is 17.4. The SMILES string of the molecule is CCOc1ccc(/C(O)=C2/C(=O)C(=O)N(c3ccc(OC)cc3)C2c2ccc(C(C)(C)C)cc2)cc1. The highest BCUT2D eigenvalue weighted by Gasteiger charge is 2.47. The molecule has 186 valence electrons. The van der Waals surface area contributed by atoms with Crippen molar-refractivity contribution in [1.82, 2.24) is 0 Å². The lowest BCUT2D eigenvalue weighted by molar-refractivity contribution is -0.132.